The van der Waals surface area contributed by atoms with Gasteiger partial charge in [-0.15, -0.1) is 0 Å². The summed E-state index contributed by atoms with van der Waals surface area (Å²) in [7, 11) is 0. The van der Waals surface area contributed by atoms with E-state index < -0.39 is 29.4 Å². The van der Waals surface area contributed by atoms with Crippen LogP contribution in [-0.4, -0.2) is 64.7 Å². The van der Waals surface area contributed by atoms with Gasteiger partial charge >= 0.3 is 0 Å². The fourth-order valence-electron chi connectivity index (χ4n) is 3.67. The number of piperidine rings is 1. The third kappa shape index (κ3) is 3.96. The van der Waals surface area contributed by atoms with Gasteiger partial charge in [-0.2, -0.15) is 0 Å². The van der Waals surface area contributed by atoms with Gasteiger partial charge in [-0.1, -0.05) is 17.7 Å². The van der Waals surface area contributed by atoms with Crippen LogP contribution in [0.25, 0.3) is 0 Å². The standard InChI is InChI=1S/C19H25N3O5/c1-12-2-4-13(5-3-12)21-16(25)14(23)15(24)17(26)22-10-7-19(8-11-22)6-9-20-18(19)27/h2-5,14-15,23-24H,6-11H2,1H3,(H,20,27)(H,21,25)/t14-,15-/m1/s1. The molecule has 0 aliphatic carbocycles. The number of likely N-dealkylation sites (tertiary alicyclic amines) is 1. The van der Waals surface area contributed by atoms with Gasteiger partial charge in [0.25, 0.3) is 11.8 Å². The van der Waals surface area contributed by atoms with Gasteiger partial charge in [-0.05, 0) is 38.3 Å². The van der Waals surface area contributed by atoms with Crippen molar-refractivity contribution in [3.05, 3.63) is 29.8 Å². The largest absolute Gasteiger partial charge is 0.380 e. The molecule has 2 atom stereocenters. The van der Waals surface area contributed by atoms with Crippen LogP contribution in [-0.2, 0) is 14.4 Å². The quantitative estimate of drug-likeness (QED) is 0.580. The van der Waals surface area contributed by atoms with Crippen LogP contribution in [0, 0.1) is 12.3 Å². The normalized spacial score (nSPS) is 20.9. The summed E-state index contributed by atoms with van der Waals surface area (Å²) in [6, 6.07) is 6.94. The van der Waals surface area contributed by atoms with Gasteiger partial charge in [0.15, 0.2) is 12.2 Å². The second kappa shape index (κ2) is 7.66. The Kier molecular flexibility index (Phi) is 5.48. The number of aliphatic hydroxyl groups excluding tert-OH is 2. The van der Waals surface area contributed by atoms with E-state index in [-0.39, 0.29) is 5.91 Å². The molecule has 4 N–H and O–H groups in total. The van der Waals surface area contributed by atoms with Crippen molar-refractivity contribution in [3.63, 3.8) is 0 Å². The molecule has 0 bridgehead atoms. The fraction of sp³-hybridized carbons (Fsp3) is 0.526. The smallest absolute Gasteiger partial charge is 0.256 e. The lowest BCUT2D eigenvalue weighted by Crippen LogP contribution is -2.53. The zero-order valence-electron chi connectivity index (χ0n) is 15.3. The number of carbonyl (C=O) groups is 3. The zero-order valence-corrected chi connectivity index (χ0v) is 15.3. The SMILES string of the molecule is Cc1ccc(NC(=O)[C@H](O)[C@@H](O)C(=O)N2CCC3(CCNC3=O)CC2)cc1. The van der Waals surface area contributed by atoms with E-state index in [1.807, 2.05) is 6.92 Å². The van der Waals surface area contributed by atoms with E-state index in [0.29, 0.717) is 38.2 Å². The molecule has 1 aromatic rings. The van der Waals surface area contributed by atoms with Crippen molar-refractivity contribution in [3.8, 4) is 0 Å². The first kappa shape index (κ1) is 19.3. The van der Waals surface area contributed by atoms with Crippen molar-refractivity contribution in [2.45, 2.75) is 38.4 Å². The summed E-state index contributed by atoms with van der Waals surface area (Å²) in [6.07, 6.45) is -1.93. The summed E-state index contributed by atoms with van der Waals surface area (Å²) in [5.74, 6) is -1.52. The number of aliphatic hydroxyl groups is 2. The minimum Gasteiger partial charge on any atom is -0.380 e. The third-order valence-electron chi connectivity index (χ3n) is 5.54. The predicted molar refractivity (Wildman–Crippen MR) is 97.7 cm³/mol. The first-order chi connectivity index (χ1) is 12.8. The number of carbonyl (C=O) groups excluding carboxylic acids is 3. The molecule has 2 saturated heterocycles. The molecule has 0 radical (unpaired) electrons. The molecule has 27 heavy (non-hydrogen) atoms. The fourth-order valence-corrected chi connectivity index (χ4v) is 3.67. The highest BCUT2D eigenvalue weighted by Crippen LogP contribution is 2.38. The second-order valence-corrected chi connectivity index (χ2v) is 7.36. The number of nitrogens with zero attached hydrogens (tertiary/aromatic N) is 1. The second-order valence-electron chi connectivity index (χ2n) is 7.36. The van der Waals surface area contributed by atoms with E-state index in [1.54, 1.807) is 24.3 Å². The minimum atomic E-state index is -1.87. The summed E-state index contributed by atoms with van der Waals surface area (Å²) in [5, 5.41) is 25.5. The van der Waals surface area contributed by atoms with E-state index in [1.165, 1.54) is 4.90 Å². The predicted octanol–water partition coefficient (Wildman–Crippen LogP) is -0.216. The molecule has 0 aromatic heterocycles. The van der Waals surface area contributed by atoms with E-state index >= 15 is 0 Å². The first-order valence-electron chi connectivity index (χ1n) is 9.13. The number of benzene rings is 1. The van der Waals surface area contributed by atoms with Crippen LogP contribution in [0.15, 0.2) is 24.3 Å². The van der Waals surface area contributed by atoms with Crippen molar-refractivity contribution < 1.29 is 24.6 Å². The average Bonchev–Trinajstić information content (AvgIpc) is 3.02. The molecule has 2 heterocycles. The van der Waals surface area contributed by atoms with E-state index in [0.717, 1.165) is 12.0 Å². The average molecular weight is 375 g/mol. The van der Waals surface area contributed by atoms with Crippen LogP contribution in [0.4, 0.5) is 5.69 Å². The zero-order chi connectivity index (χ0) is 19.6. The van der Waals surface area contributed by atoms with Crippen molar-refractivity contribution in [1.29, 1.82) is 0 Å². The van der Waals surface area contributed by atoms with E-state index in [2.05, 4.69) is 10.6 Å². The van der Waals surface area contributed by atoms with E-state index in [4.69, 9.17) is 0 Å². The number of anilines is 1. The molecule has 8 nitrogen and oxygen atoms in total. The maximum atomic E-state index is 12.5. The van der Waals surface area contributed by atoms with Gasteiger partial charge in [0.1, 0.15) is 0 Å². The lowest BCUT2D eigenvalue weighted by atomic mass is 9.77. The Bertz CT molecular complexity index is 725. The van der Waals surface area contributed by atoms with Gasteiger partial charge in [0.05, 0.1) is 5.41 Å². The summed E-state index contributed by atoms with van der Waals surface area (Å²) < 4.78 is 0. The van der Waals surface area contributed by atoms with Crippen LogP contribution in [0.1, 0.15) is 24.8 Å². The number of nitrogens with one attached hydrogen (secondary N) is 2. The topological polar surface area (TPSA) is 119 Å². The Morgan fingerprint density at radius 2 is 1.74 bits per heavy atom. The first-order valence-corrected chi connectivity index (χ1v) is 9.13. The van der Waals surface area contributed by atoms with Crippen molar-refractivity contribution in [2.75, 3.05) is 25.0 Å². The van der Waals surface area contributed by atoms with Crippen LogP contribution >= 0.6 is 0 Å². The number of hydrogen-bond donors (Lipinski definition) is 4. The van der Waals surface area contributed by atoms with Gasteiger partial charge in [-0.3, -0.25) is 14.4 Å². The van der Waals surface area contributed by atoms with Crippen LogP contribution in [0.5, 0.6) is 0 Å². The monoisotopic (exact) mass is 375 g/mol. The van der Waals surface area contributed by atoms with Gasteiger partial charge < -0.3 is 25.7 Å². The maximum Gasteiger partial charge on any atom is 0.256 e. The van der Waals surface area contributed by atoms with Crippen molar-refractivity contribution >= 4 is 23.4 Å². The van der Waals surface area contributed by atoms with Gasteiger partial charge in [-0.25, -0.2) is 0 Å². The van der Waals surface area contributed by atoms with Crippen LogP contribution in [0.2, 0.25) is 0 Å². The number of hydrogen-bond acceptors (Lipinski definition) is 5. The lowest BCUT2D eigenvalue weighted by molar-refractivity contribution is -0.154. The number of amides is 3. The minimum absolute atomic E-state index is 0.0210. The van der Waals surface area contributed by atoms with Gasteiger partial charge in [0.2, 0.25) is 5.91 Å². The summed E-state index contributed by atoms with van der Waals surface area (Å²) >= 11 is 0. The highest BCUT2D eigenvalue weighted by atomic mass is 16.3. The van der Waals surface area contributed by atoms with Crippen LogP contribution in [0.3, 0.4) is 0 Å². The molecule has 2 aliphatic heterocycles. The molecule has 0 saturated carbocycles. The Morgan fingerprint density at radius 1 is 1.11 bits per heavy atom. The molecule has 8 heteroatoms. The van der Waals surface area contributed by atoms with Crippen molar-refractivity contribution in [1.82, 2.24) is 10.2 Å². The molecular formula is C19H25N3O5. The Hall–Kier alpha value is -2.45. The molecule has 2 fully saturated rings. The summed E-state index contributed by atoms with van der Waals surface area (Å²) in [6.45, 7) is 3.18. The Balaban J connectivity index is 1.55. The summed E-state index contributed by atoms with van der Waals surface area (Å²) in [5.41, 5.74) is 1.06. The molecule has 1 aromatic carbocycles. The van der Waals surface area contributed by atoms with E-state index in [9.17, 15) is 24.6 Å². The molecule has 2 aliphatic rings. The molecule has 3 rings (SSSR count). The Labute approximate surface area is 157 Å². The number of aryl methyl sites for hydroxylation is 1. The van der Waals surface area contributed by atoms with Crippen molar-refractivity contribution in [2.24, 2.45) is 5.41 Å². The summed E-state index contributed by atoms with van der Waals surface area (Å²) in [4.78, 5) is 38.0. The molecular weight excluding hydrogens is 350 g/mol. The molecule has 0 unspecified atom stereocenters. The Morgan fingerprint density at radius 3 is 2.30 bits per heavy atom. The highest BCUT2D eigenvalue weighted by molar-refractivity contribution is 5.98. The number of rotatable bonds is 4. The van der Waals surface area contributed by atoms with Crippen LogP contribution < -0.4 is 10.6 Å². The molecule has 146 valence electrons. The highest BCUT2D eigenvalue weighted by Gasteiger charge is 2.46. The third-order valence-corrected chi connectivity index (χ3v) is 5.54. The maximum absolute atomic E-state index is 12.5. The molecule has 1 spiro atoms. The van der Waals surface area contributed by atoms with Gasteiger partial charge in [0, 0.05) is 25.3 Å². The molecule has 3 amide bonds. The lowest BCUT2D eigenvalue weighted by Gasteiger charge is -2.38.